The SMILES string of the molecule is O=C(N[C@@H](Cc1ccccc1)C(=O)Nc1ccc([N+](=O)[O-])cc1Cl)c1cc(Cl)ccc1O. The molecule has 164 valence electrons. The molecular weight excluding hydrogens is 457 g/mol. The Morgan fingerprint density at radius 2 is 1.75 bits per heavy atom. The summed E-state index contributed by atoms with van der Waals surface area (Å²) in [5, 5.41) is 26.3. The van der Waals surface area contributed by atoms with Crippen LogP contribution in [0.3, 0.4) is 0 Å². The second-order valence-corrected chi connectivity index (χ2v) is 7.63. The summed E-state index contributed by atoms with van der Waals surface area (Å²) in [5.74, 6) is -1.58. The zero-order valence-corrected chi connectivity index (χ0v) is 17.9. The van der Waals surface area contributed by atoms with Crippen LogP contribution in [0.15, 0.2) is 66.7 Å². The molecule has 0 heterocycles. The minimum Gasteiger partial charge on any atom is -0.507 e. The average Bonchev–Trinajstić information content (AvgIpc) is 2.76. The van der Waals surface area contributed by atoms with Crippen molar-refractivity contribution in [3.8, 4) is 5.75 Å². The molecule has 0 radical (unpaired) electrons. The second-order valence-electron chi connectivity index (χ2n) is 6.79. The van der Waals surface area contributed by atoms with Crippen molar-refractivity contribution in [3.05, 3.63) is 98.0 Å². The summed E-state index contributed by atoms with van der Waals surface area (Å²) in [4.78, 5) is 36.0. The third kappa shape index (κ3) is 5.75. The molecule has 2 amide bonds. The number of phenols is 1. The smallest absolute Gasteiger partial charge is 0.271 e. The maximum atomic E-state index is 13.0. The summed E-state index contributed by atoms with van der Waals surface area (Å²) in [5.41, 5.74) is 0.619. The number of anilines is 1. The van der Waals surface area contributed by atoms with Crippen LogP contribution in [0, 0.1) is 10.1 Å². The molecule has 0 aromatic heterocycles. The van der Waals surface area contributed by atoms with Crippen LogP contribution < -0.4 is 10.6 Å². The summed E-state index contributed by atoms with van der Waals surface area (Å²) < 4.78 is 0. The van der Waals surface area contributed by atoms with E-state index >= 15 is 0 Å². The van der Waals surface area contributed by atoms with Crippen molar-refractivity contribution in [2.75, 3.05) is 5.32 Å². The minimum absolute atomic E-state index is 0.0233. The molecule has 0 bridgehead atoms. The number of rotatable bonds is 7. The van der Waals surface area contributed by atoms with Gasteiger partial charge in [-0.15, -0.1) is 0 Å². The largest absolute Gasteiger partial charge is 0.507 e. The summed E-state index contributed by atoms with van der Waals surface area (Å²) in [6.07, 6.45) is 0.143. The standard InChI is InChI=1S/C22H17Cl2N3O5/c23-14-6-9-20(28)16(11-14)21(29)26-19(10-13-4-2-1-3-5-13)22(30)25-18-8-7-15(27(31)32)12-17(18)24/h1-9,11-12,19,28H,10H2,(H,25,30)(H,26,29)/t19-/m0/s1. The maximum Gasteiger partial charge on any atom is 0.271 e. The lowest BCUT2D eigenvalue weighted by molar-refractivity contribution is -0.384. The Morgan fingerprint density at radius 3 is 2.41 bits per heavy atom. The van der Waals surface area contributed by atoms with Crippen molar-refractivity contribution < 1.29 is 19.6 Å². The Bertz CT molecular complexity index is 1170. The number of phenolic OH excluding ortho intramolecular Hbond substituents is 1. The summed E-state index contributed by atoms with van der Waals surface area (Å²) >= 11 is 12.0. The van der Waals surface area contributed by atoms with Gasteiger partial charge in [0.15, 0.2) is 0 Å². The Kier molecular flexibility index (Phi) is 7.29. The van der Waals surface area contributed by atoms with Gasteiger partial charge >= 0.3 is 0 Å². The van der Waals surface area contributed by atoms with Crippen molar-refractivity contribution in [1.29, 1.82) is 0 Å². The van der Waals surface area contributed by atoms with E-state index in [1.54, 1.807) is 24.3 Å². The van der Waals surface area contributed by atoms with Crippen LogP contribution >= 0.6 is 23.2 Å². The number of non-ortho nitro benzene ring substituents is 1. The number of benzene rings is 3. The van der Waals surface area contributed by atoms with Gasteiger partial charge in [-0.2, -0.15) is 0 Å². The highest BCUT2D eigenvalue weighted by Gasteiger charge is 2.24. The second kappa shape index (κ2) is 10.1. The van der Waals surface area contributed by atoms with E-state index in [1.807, 2.05) is 6.07 Å². The van der Waals surface area contributed by atoms with Crippen molar-refractivity contribution >= 4 is 46.4 Å². The zero-order valence-electron chi connectivity index (χ0n) is 16.4. The van der Waals surface area contributed by atoms with Gasteiger partial charge in [0.25, 0.3) is 11.6 Å². The van der Waals surface area contributed by atoms with Gasteiger partial charge in [-0.05, 0) is 29.8 Å². The quantitative estimate of drug-likeness (QED) is 0.342. The van der Waals surface area contributed by atoms with Crippen molar-refractivity contribution in [3.63, 3.8) is 0 Å². The van der Waals surface area contributed by atoms with E-state index in [1.165, 1.54) is 30.3 Å². The number of aromatic hydroxyl groups is 1. The summed E-state index contributed by atoms with van der Waals surface area (Å²) in [6.45, 7) is 0. The lowest BCUT2D eigenvalue weighted by Crippen LogP contribution is -2.45. The molecule has 0 aliphatic rings. The average molecular weight is 474 g/mol. The fourth-order valence-corrected chi connectivity index (χ4v) is 3.32. The molecule has 1 atom stereocenters. The van der Waals surface area contributed by atoms with Gasteiger partial charge < -0.3 is 15.7 Å². The highest BCUT2D eigenvalue weighted by molar-refractivity contribution is 6.34. The molecule has 3 aromatic rings. The fourth-order valence-electron chi connectivity index (χ4n) is 2.92. The first-order valence-corrected chi connectivity index (χ1v) is 10.1. The van der Waals surface area contributed by atoms with E-state index in [0.29, 0.717) is 0 Å². The Hall–Kier alpha value is -3.62. The number of nitro groups is 1. The van der Waals surface area contributed by atoms with Crippen LogP contribution in [-0.2, 0) is 11.2 Å². The summed E-state index contributed by atoms with van der Waals surface area (Å²) in [7, 11) is 0. The van der Waals surface area contributed by atoms with E-state index in [2.05, 4.69) is 10.6 Å². The Morgan fingerprint density at radius 1 is 1.03 bits per heavy atom. The van der Waals surface area contributed by atoms with Crippen LogP contribution in [0.25, 0.3) is 0 Å². The highest BCUT2D eigenvalue weighted by atomic mass is 35.5. The first-order chi connectivity index (χ1) is 15.2. The molecule has 0 unspecified atom stereocenters. The molecule has 3 aromatic carbocycles. The van der Waals surface area contributed by atoms with Gasteiger partial charge in [-0.1, -0.05) is 53.5 Å². The lowest BCUT2D eigenvalue weighted by Gasteiger charge is -2.19. The van der Waals surface area contributed by atoms with E-state index in [-0.39, 0.29) is 39.2 Å². The molecular formula is C22H17Cl2N3O5. The molecule has 32 heavy (non-hydrogen) atoms. The first-order valence-electron chi connectivity index (χ1n) is 9.32. The zero-order chi connectivity index (χ0) is 23.3. The summed E-state index contributed by atoms with van der Waals surface area (Å²) in [6, 6.07) is 15.6. The Balaban J connectivity index is 1.85. The molecule has 0 saturated heterocycles. The molecule has 8 nitrogen and oxygen atoms in total. The third-order valence-electron chi connectivity index (χ3n) is 4.53. The monoisotopic (exact) mass is 473 g/mol. The highest BCUT2D eigenvalue weighted by Crippen LogP contribution is 2.27. The van der Waals surface area contributed by atoms with E-state index < -0.39 is 22.8 Å². The van der Waals surface area contributed by atoms with E-state index in [4.69, 9.17) is 23.2 Å². The topological polar surface area (TPSA) is 122 Å². The van der Waals surface area contributed by atoms with Gasteiger partial charge in [-0.3, -0.25) is 19.7 Å². The first kappa shape index (κ1) is 23.1. The van der Waals surface area contributed by atoms with Crippen LogP contribution in [0.5, 0.6) is 5.75 Å². The molecule has 0 aliphatic carbocycles. The number of carbonyl (C=O) groups excluding carboxylic acids is 2. The lowest BCUT2D eigenvalue weighted by atomic mass is 10.0. The number of carbonyl (C=O) groups is 2. The van der Waals surface area contributed by atoms with Crippen molar-refractivity contribution in [2.45, 2.75) is 12.5 Å². The van der Waals surface area contributed by atoms with Crippen LogP contribution in [0.1, 0.15) is 15.9 Å². The normalized spacial score (nSPS) is 11.4. The van der Waals surface area contributed by atoms with Crippen LogP contribution in [-0.4, -0.2) is 27.9 Å². The molecule has 0 spiro atoms. The van der Waals surface area contributed by atoms with Gasteiger partial charge in [0.2, 0.25) is 5.91 Å². The third-order valence-corrected chi connectivity index (χ3v) is 5.08. The van der Waals surface area contributed by atoms with E-state index in [9.17, 15) is 24.8 Å². The number of nitro benzene ring substituents is 1. The number of nitrogens with zero attached hydrogens (tertiary/aromatic N) is 1. The molecule has 10 heteroatoms. The minimum atomic E-state index is -1.05. The van der Waals surface area contributed by atoms with Crippen molar-refractivity contribution in [1.82, 2.24) is 5.32 Å². The number of hydrogen-bond donors (Lipinski definition) is 3. The van der Waals surface area contributed by atoms with E-state index in [0.717, 1.165) is 11.6 Å². The number of nitrogens with one attached hydrogen (secondary N) is 2. The van der Waals surface area contributed by atoms with Gasteiger partial charge in [0, 0.05) is 23.6 Å². The molecule has 3 rings (SSSR count). The number of amides is 2. The van der Waals surface area contributed by atoms with Crippen LogP contribution in [0.4, 0.5) is 11.4 Å². The Labute approximate surface area is 192 Å². The number of halogens is 2. The van der Waals surface area contributed by atoms with Crippen molar-refractivity contribution in [2.24, 2.45) is 0 Å². The fraction of sp³-hybridized carbons (Fsp3) is 0.0909. The van der Waals surface area contributed by atoms with Gasteiger partial charge in [0.1, 0.15) is 11.8 Å². The molecule has 0 aliphatic heterocycles. The maximum absolute atomic E-state index is 13.0. The molecule has 3 N–H and O–H groups in total. The van der Waals surface area contributed by atoms with Gasteiger partial charge in [-0.25, -0.2) is 0 Å². The molecule has 0 fully saturated rings. The number of hydrogen-bond acceptors (Lipinski definition) is 5. The molecule has 0 saturated carbocycles. The predicted molar refractivity (Wildman–Crippen MR) is 121 cm³/mol. The predicted octanol–water partition coefficient (Wildman–Crippen LogP) is 4.59. The van der Waals surface area contributed by atoms with Gasteiger partial charge in [0.05, 0.1) is 21.2 Å². The van der Waals surface area contributed by atoms with Crippen LogP contribution in [0.2, 0.25) is 10.0 Å².